The van der Waals surface area contributed by atoms with Gasteiger partial charge in [0.2, 0.25) is 0 Å². The largest absolute Gasteiger partial charge is 0.489 e. The van der Waals surface area contributed by atoms with Crippen LogP contribution in [0.1, 0.15) is 29.2 Å². The van der Waals surface area contributed by atoms with Gasteiger partial charge in [0.25, 0.3) is 0 Å². The molecule has 0 saturated carbocycles. The summed E-state index contributed by atoms with van der Waals surface area (Å²) in [7, 11) is 0. The molecule has 1 N–H and O–H groups in total. The van der Waals surface area contributed by atoms with E-state index >= 15 is 0 Å². The number of carboxylic acid groups (broad SMARTS) is 1. The van der Waals surface area contributed by atoms with Crippen LogP contribution in [0.4, 0.5) is 0 Å². The number of morpholine rings is 1. The lowest BCUT2D eigenvalue weighted by Gasteiger charge is -2.33. The fraction of sp³-hybridized carbons (Fsp3) is 0.381. The molecule has 26 heavy (non-hydrogen) atoms. The molecular weight excluding hydrogens is 330 g/mol. The average Bonchev–Trinajstić information content (AvgIpc) is 2.66. The van der Waals surface area contributed by atoms with Crippen molar-refractivity contribution in [2.75, 3.05) is 26.2 Å². The molecule has 5 heteroatoms. The van der Waals surface area contributed by atoms with E-state index < -0.39 is 5.97 Å². The summed E-state index contributed by atoms with van der Waals surface area (Å²) in [4.78, 5) is 12.9. The first-order valence-electron chi connectivity index (χ1n) is 8.95. The highest BCUT2D eigenvalue weighted by Crippen LogP contribution is 2.28. The van der Waals surface area contributed by atoms with E-state index in [0.717, 1.165) is 35.5 Å². The SMILES string of the molecule is Cc1cc(OCc2ccccc2)ccc1C1CN(CCC(=O)O)CCO1. The summed E-state index contributed by atoms with van der Waals surface area (Å²) in [5.41, 5.74) is 3.40. The number of hydrogen-bond acceptors (Lipinski definition) is 4. The van der Waals surface area contributed by atoms with Crippen molar-refractivity contribution in [2.45, 2.75) is 26.1 Å². The Balaban J connectivity index is 1.60. The second-order valence-electron chi connectivity index (χ2n) is 6.60. The van der Waals surface area contributed by atoms with E-state index in [9.17, 15) is 4.79 Å². The number of aryl methyl sites for hydroxylation is 1. The predicted molar refractivity (Wildman–Crippen MR) is 99.3 cm³/mol. The third kappa shape index (κ3) is 5.07. The smallest absolute Gasteiger partial charge is 0.304 e. The minimum Gasteiger partial charge on any atom is -0.489 e. The summed E-state index contributed by atoms with van der Waals surface area (Å²) in [5.74, 6) is 0.0813. The summed E-state index contributed by atoms with van der Waals surface area (Å²) in [6.45, 7) is 5.29. The summed E-state index contributed by atoms with van der Waals surface area (Å²) < 4.78 is 11.8. The van der Waals surface area contributed by atoms with E-state index in [2.05, 4.69) is 17.9 Å². The third-order valence-corrected chi connectivity index (χ3v) is 4.63. The van der Waals surface area contributed by atoms with Crippen LogP contribution < -0.4 is 4.74 Å². The molecule has 1 fully saturated rings. The molecule has 1 aliphatic heterocycles. The Morgan fingerprint density at radius 3 is 2.81 bits per heavy atom. The van der Waals surface area contributed by atoms with Crippen molar-refractivity contribution in [3.63, 3.8) is 0 Å². The second kappa shape index (κ2) is 8.83. The Morgan fingerprint density at radius 1 is 1.27 bits per heavy atom. The maximum atomic E-state index is 10.8. The number of hydrogen-bond donors (Lipinski definition) is 1. The van der Waals surface area contributed by atoms with Crippen molar-refractivity contribution in [3.05, 3.63) is 65.2 Å². The van der Waals surface area contributed by atoms with Crippen LogP contribution in [0.5, 0.6) is 5.75 Å². The molecule has 0 bridgehead atoms. The molecule has 0 amide bonds. The number of ether oxygens (including phenoxy) is 2. The van der Waals surface area contributed by atoms with Crippen LogP contribution in [-0.2, 0) is 16.1 Å². The lowest BCUT2D eigenvalue weighted by molar-refractivity contribution is -0.137. The van der Waals surface area contributed by atoms with Gasteiger partial charge in [0.05, 0.1) is 19.1 Å². The number of aliphatic carboxylic acids is 1. The Morgan fingerprint density at radius 2 is 2.08 bits per heavy atom. The van der Waals surface area contributed by atoms with Gasteiger partial charge >= 0.3 is 5.97 Å². The number of rotatable bonds is 7. The standard InChI is InChI=1S/C21H25NO4/c1-16-13-18(26-15-17-5-3-2-4-6-17)7-8-19(16)20-14-22(11-12-25-20)10-9-21(23)24/h2-8,13,20H,9-12,14-15H2,1H3,(H,23,24). The molecule has 5 nitrogen and oxygen atoms in total. The Kier molecular flexibility index (Phi) is 6.26. The quantitative estimate of drug-likeness (QED) is 0.825. The topological polar surface area (TPSA) is 59.0 Å². The number of carboxylic acids is 1. The molecule has 0 aliphatic carbocycles. The molecule has 0 aromatic heterocycles. The van der Waals surface area contributed by atoms with Gasteiger partial charge in [-0.25, -0.2) is 0 Å². The van der Waals surface area contributed by atoms with Crippen LogP contribution in [0, 0.1) is 6.92 Å². The molecule has 2 aromatic carbocycles. The highest BCUT2D eigenvalue weighted by atomic mass is 16.5. The van der Waals surface area contributed by atoms with Crippen LogP contribution in [-0.4, -0.2) is 42.2 Å². The van der Waals surface area contributed by atoms with Gasteiger partial charge in [-0.1, -0.05) is 36.4 Å². The maximum Gasteiger partial charge on any atom is 0.304 e. The molecule has 1 unspecified atom stereocenters. The monoisotopic (exact) mass is 355 g/mol. The molecule has 0 spiro atoms. The van der Waals surface area contributed by atoms with Crippen molar-refractivity contribution in [3.8, 4) is 5.75 Å². The zero-order chi connectivity index (χ0) is 18.4. The van der Waals surface area contributed by atoms with E-state index in [1.807, 2.05) is 42.5 Å². The molecule has 1 atom stereocenters. The van der Waals surface area contributed by atoms with Crippen molar-refractivity contribution >= 4 is 5.97 Å². The fourth-order valence-corrected chi connectivity index (χ4v) is 3.19. The highest BCUT2D eigenvalue weighted by molar-refractivity contribution is 5.66. The zero-order valence-corrected chi connectivity index (χ0v) is 15.1. The predicted octanol–water partition coefficient (Wildman–Crippen LogP) is 3.42. The zero-order valence-electron chi connectivity index (χ0n) is 15.1. The Hall–Kier alpha value is -2.37. The Labute approximate surface area is 154 Å². The van der Waals surface area contributed by atoms with E-state index in [4.69, 9.17) is 14.6 Å². The molecule has 0 radical (unpaired) electrons. The third-order valence-electron chi connectivity index (χ3n) is 4.63. The molecule has 138 valence electrons. The summed E-state index contributed by atoms with van der Waals surface area (Å²) in [5, 5.41) is 8.86. The first-order valence-corrected chi connectivity index (χ1v) is 8.95. The van der Waals surface area contributed by atoms with Crippen LogP contribution in [0.15, 0.2) is 48.5 Å². The van der Waals surface area contributed by atoms with Gasteiger partial charge < -0.3 is 14.6 Å². The average molecular weight is 355 g/mol. The number of benzene rings is 2. The first kappa shape index (κ1) is 18.4. The van der Waals surface area contributed by atoms with Crippen molar-refractivity contribution in [1.29, 1.82) is 0 Å². The van der Waals surface area contributed by atoms with Crippen molar-refractivity contribution in [2.24, 2.45) is 0 Å². The van der Waals surface area contributed by atoms with Gasteiger partial charge in [-0.05, 0) is 35.7 Å². The van der Waals surface area contributed by atoms with Gasteiger partial charge in [-0.15, -0.1) is 0 Å². The minimum absolute atomic E-state index is 0.0271. The van der Waals surface area contributed by atoms with Gasteiger partial charge in [0.15, 0.2) is 0 Å². The van der Waals surface area contributed by atoms with E-state index in [0.29, 0.717) is 19.8 Å². The van der Waals surface area contributed by atoms with Crippen molar-refractivity contribution < 1.29 is 19.4 Å². The van der Waals surface area contributed by atoms with Gasteiger partial charge in [0, 0.05) is 19.6 Å². The minimum atomic E-state index is -0.760. The van der Waals surface area contributed by atoms with Crippen LogP contribution in [0.25, 0.3) is 0 Å². The highest BCUT2D eigenvalue weighted by Gasteiger charge is 2.23. The fourth-order valence-electron chi connectivity index (χ4n) is 3.19. The van der Waals surface area contributed by atoms with Gasteiger partial charge in [0.1, 0.15) is 12.4 Å². The van der Waals surface area contributed by atoms with Crippen LogP contribution in [0.2, 0.25) is 0 Å². The maximum absolute atomic E-state index is 10.8. The molecule has 3 rings (SSSR count). The summed E-state index contributed by atoms with van der Waals surface area (Å²) in [6.07, 6.45) is 0.138. The molecule has 2 aromatic rings. The first-order chi connectivity index (χ1) is 12.6. The van der Waals surface area contributed by atoms with Crippen LogP contribution in [0.3, 0.4) is 0 Å². The molecule has 1 saturated heterocycles. The van der Waals surface area contributed by atoms with Crippen molar-refractivity contribution in [1.82, 2.24) is 4.90 Å². The summed E-state index contributed by atoms with van der Waals surface area (Å²) in [6, 6.07) is 16.2. The normalized spacial score (nSPS) is 17.8. The lowest BCUT2D eigenvalue weighted by atomic mass is 10.0. The van der Waals surface area contributed by atoms with Gasteiger partial charge in [-0.3, -0.25) is 9.69 Å². The molecular formula is C21H25NO4. The second-order valence-corrected chi connectivity index (χ2v) is 6.60. The van der Waals surface area contributed by atoms with E-state index in [1.165, 1.54) is 0 Å². The van der Waals surface area contributed by atoms with Gasteiger partial charge in [-0.2, -0.15) is 0 Å². The number of carbonyl (C=O) groups is 1. The Bertz CT molecular complexity index is 732. The van der Waals surface area contributed by atoms with E-state index in [1.54, 1.807) is 0 Å². The summed E-state index contributed by atoms with van der Waals surface area (Å²) >= 11 is 0. The lowest BCUT2D eigenvalue weighted by Crippen LogP contribution is -2.39. The molecule has 1 heterocycles. The number of nitrogens with zero attached hydrogens (tertiary/aromatic N) is 1. The van der Waals surface area contributed by atoms with E-state index in [-0.39, 0.29) is 12.5 Å². The van der Waals surface area contributed by atoms with Crippen LogP contribution >= 0.6 is 0 Å². The molecule has 1 aliphatic rings.